The number of aromatic amines is 2. The fourth-order valence-electron chi connectivity index (χ4n) is 2.54. The quantitative estimate of drug-likeness (QED) is 0.433. The van der Waals surface area contributed by atoms with Crippen LogP contribution < -0.4 is 16.6 Å². The summed E-state index contributed by atoms with van der Waals surface area (Å²) in [7, 11) is 0. The van der Waals surface area contributed by atoms with Crippen LogP contribution >= 0.6 is 0 Å². The molecule has 3 rings (SSSR count). The fourth-order valence-corrected chi connectivity index (χ4v) is 2.54. The van der Waals surface area contributed by atoms with Crippen LogP contribution in [-0.4, -0.2) is 45.0 Å². The van der Waals surface area contributed by atoms with Gasteiger partial charge in [0.2, 0.25) is 0 Å². The standard InChI is InChI=1S/C10H13N5O4/c16-2-4-5(17)1-3(11-4)6-7-8(15-14-6)9(18)13-10(19)12-7/h3-6,11,16-17H,1-2H2,(H2,12,13,18,19)/t3-,4-,5+,6?/m1/s1. The Labute approximate surface area is 106 Å². The molecule has 5 N–H and O–H groups in total. The summed E-state index contributed by atoms with van der Waals surface area (Å²) >= 11 is 0. The van der Waals surface area contributed by atoms with E-state index in [9.17, 15) is 14.7 Å². The van der Waals surface area contributed by atoms with Gasteiger partial charge in [-0.05, 0) is 6.42 Å². The Balaban J connectivity index is 1.94. The lowest BCUT2D eigenvalue weighted by Gasteiger charge is -2.16. The van der Waals surface area contributed by atoms with Crippen molar-refractivity contribution in [3.05, 3.63) is 26.5 Å². The molecule has 0 aliphatic carbocycles. The molecule has 0 spiro atoms. The summed E-state index contributed by atoms with van der Waals surface area (Å²) in [6.45, 7) is -0.194. The highest BCUT2D eigenvalue weighted by Gasteiger charge is 2.40. The molecule has 2 aliphatic rings. The third-order valence-electron chi connectivity index (χ3n) is 3.49. The number of aliphatic hydroxyl groups excluding tert-OH is 2. The van der Waals surface area contributed by atoms with Crippen molar-refractivity contribution in [2.75, 3.05) is 6.61 Å². The SMILES string of the molecule is O=c1[nH]c2c(c(=O)[nH]1)N=NC2[C@H]1C[C@H](O)[C@@H](CO)N1. The van der Waals surface area contributed by atoms with E-state index in [-0.39, 0.29) is 18.3 Å². The van der Waals surface area contributed by atoms with Crippen molar-refractivity contribution in [2.24, 2.45) is 10.2 Å². The molecule has 102 valence electrons. The number of aliphatic hydroxyl groups is 2. The first-order valence-electron chi connectivity index (χ1n) is 5.92. The maximum Gasteiger partial charge on any atom is 0.326 e. The molecule has 1 unspecified atom stereocenters. The van der Waals surface area contributed by atoms with Crippen LogP contribution in [0.5, 0.6) is 0 Å². The van der Waals surface area contributed by atoms with Crippen molar-refractivity contribution in [3.8, 4) is 0 Å². The van der Waals surface area contributed by atoms with Crippen molar-refractivity contribution in [2.45, 2.75) is 30.7 Å². The van der Waals surface area contributed by atoms with Gasteiger partial charge < -0.3 is 20.5 Å². The van der Waals surface area contributed by atoms with E-state index in [0.29, 0.717) is 12.1 Å². The molecule has 0 saturated carbocycles. The van der Waals surface area contributed by atoms with Crippen LogP contribution in [0.1, 0.15) is 18.2 Å². The summed E-state index contributed by atoms with van der Waals surface area (Å²) in [5.74, 6) is 0. The van der Waals surface area contributed by atoms with Gasteiger partial charge in [-0.3, -0.25) is 9.78 Å². The molecule has 1 aromatic heterocycles. The zero-order chi connectivity index (χ0) is 13.6. The average molecular weight is 267 g/mol. The monoisotopic (exact) mass is 267 g/mol. The summed E-state index contributed by atoms with van der Waals surface area (Å²) in [4.78, 5) is 27.4. The number of hydrogen-bond donors (Lipinski definition) is 5. The molecule has 9 nitrogen and oxygen atoms in total. The average Bonchev–Trinajstić information content (AvgIpc) is 2.92. The molecule has 2 aliphatic heterocycles. The molecule has 0 amide bonds. The molecule has 4 atom stereocenters. The molecule has 0 aromatic carbocycles. The molecule has 1 fully saturated rings. The van der Waals surface area contributed by atoms with Crippen LogP contribution in [0.4, 0.5) is 5.69 Å². The Hall–Kier alpha value is -1.84. The molecule has 3 heterocycles. The summed E-state index contributed by atoms with van der Waals surface area (Å²) < 4.78 is 0. The lowest BCUT2D eigenvalue weighted by molar-refractivity contribution is 0.121. The van der Waals surface area contributed by atoms with Gasteiger partial charge in [0.25, 0.3) is 5.56 Å². The number of azo groups is 1. The third kappa shape index (κ3) is 1.91. The van der Waals surface area contributed by atoms with Gasteiger partial charge in [-0.15, -0.1) is 5.11 Å². The molecular weight excluding hydrogens is 254 g/mol. The Kier molecular flexibility index (Phi) is 2.81. The minimum Gasteiger partial charge on any atom is -0.395 e. The number of nitrogens with one attached hydrogen (secondary N) is 3. The van der Waals surface area contributed by atoms with Crippen LogP contribution in [0.15, 0.2) is 19.8 Å². The normalized spacial score (nSPS) is 32.7. The van der Waals surface area contributed by atoms with E-state index in [2.05, 4.69) is 25.5 Å². The van der Waals surface area contributed by atoms with Gasteiger partial charge in [0, 0.05) is 6.04 Å². The number of rotatable bonds is 2. The van der Waals surface area contributed by atoms with Crippen molar-refractivity contribution in [1.82, 2.24) is 15.3 Å². The van der Waals surface area contributed by atoms with E-state index in [1.54, 1.807) is 0 Å². The van der Waals surface area contributed by atoms with Crippen LogP contribution in [0, 0.1) is 0 Å². The van der Waals surface area contributed by atoms with Gasteiger partial charge in [0.1, 0.15) is 6.04 Å². The lowest BCUT2D eigenvalue weighted by Crippen LogP contribution is -2.38. The Morgan fingerprint density at radius 2 is 2.11 bits per heavy atom. The van der Waals surface area contributed by atoms with Crippen LogP contribution in [0.2, 0.25) is 0 Å². The van der Waals surface area contributed by atoms with E-state index in [1.165, 1.54) is 0 Å². The zero-order valence-corrected chi connectivity index (χ0v) is 9.83. The van der Waals surface area contributed by atoms with Gasteiger partial charge >= 0.3 is 5.69 Å². The van der Waals surface area contributed by atoms with Crippen molar-refractivity contribution < 1.29 is 10.2 Å². The van der Waals surface area contributed by atoms with Crippen molar-refractivity contribution in [1.29, 1.82) is 0 Å². The highest BCUT2D eigenvalue weighted by atomic mass is 16.3. The number of fused-ring (bicyclic) bond motifs is 1. The number of hydrogen-bond acceptors (Lipinski definition) is 7. The maximum atomic E-state index is 11.5. The molecule has 1 aromatic rings. The van der Waals surface area contributed by atoms with Gasteiger partial charge in [0.15, 0.2) is 5.69 Å². The van der Waals surface area contributed by atoms with E-state index >= 15 is 0 Å². The summed E-state index contributed by atoms with van der Waals surface area (Å²) in [6, 6.07) is -1.25. The van der Waals surface area contributed by atoms with Gasteiger partial charge in [-0.25, -0.2) is 4.79 Å². The Morgan fingerprint density at radius 1 is 1.32 bits per heavy atom. The second-order valence-electron chi connectivity index (χ2n) is 4.70. The third-order valence-corrected chi connectivity index (χ3v) is 3.49. The number of aromatic nitrogens is 2. The highest BCUT2D eigenvalue weighted by molar-refractivity contribution is 5.43. The van der Waals surface area contributed by atoms with Crippen LogP contribution in [0.3, 0.4) is 0 Å². The maximum absolute atomic E-state index is 11.5. The fraction of sp³-hybridized carbons (Fsp3) is 0.600. The Morgan fingerprint density at radius 3 is 2.79 bits per heavy atom. The van der Waals surface area contributed by atoms with E-state index in [4.69, 9.17) is 5.11 Å². The smallest absolute Gasteiger partial charge is 0.326 e. The van der Waals surface area contributed by atoms with Gasteiger partial charge in [0.05, 0.1) is 24.4 Å². The Bertz CT molecular complexity index is 636. The largest absolute Gasteiger partial charge is 0.395 e. The highest BCUT2D eigenvalue weighted by Crippen LogP contribution is 2.36. The summed E-state index contributed by atoms with van der Waals surface area (Å²) in [5.41, 5.74) is -0.758. The topological polar surface area (TPSA) is 143 Å². The second-order valence-corrected chi connectivity index (χ2v) is 4.70. The molecule has 9 heteroatoms. The van der Waals surface area contributed by atoms with Crippen LogP contribution in [0.25, 0.3) is 0 Å². The van der Waals surface area contributed by atoms with Crippen molar-refractivity contribution >= 4 is 5.69 Å². The first-order chi connectivity index (χ1) is 9.10. The first-order valence-corrected chi connectivity index (χ1v) is 5.92. The van der Waals surface area contributed by atoms with E-state index in [1.807, 2.05) is 0 Å². The molecule has 19 heavy (non-hydrogen) atoms. The molecular formula is C10H13N5O4. The van der Waals surface area contributed by atoms with Crippen LogP contribution in [-0.2, 0) is 0 Å². The predicted molar refractivity (Wildman–Crippen MR) is 63.4 cm³/mol. The summed E-state index contributed by atoms with van der Waals surface area (Å²) in [6.07, 6.45) is -0.327. The predicted octanol–water partition coefficient (Wildman–Crippen LogP) is -1.71. The lowest BCUT2D eigenvalue weighted by atomic mass is 10.0. The molecule has 0 radical (unpaired) electrons. The minimum atomic E-state index is -0.692. The van der Waals surface area contributed by atoms with Gasteiger partial charge in [-0.1, -0.05) is 0 Å². The molecule has 1 saturated heterocycles. The van der Waals surface area contributed by atoms with E-state index in [0.717, 1.165) is 0 Å². The minimum absolute atomic E-state index is 0.0911. The summed E-state index contributed by atoms with van der Waals surface area (Å²) in [5, 5.41) is 29.6. The van der Waals surface area contributed by atoms with E-state index < -0.39 is 29.4 Å². The first kappa shape index (κ1) is 12.2. The number of nitrogens with zero attached hydrogens (tertiary/aromatic N) is 2. The second kappa shape index (κ2) is 4.37. The zero-order valence-electron chi connectivity index (χ0n) is 9.83. The van der Waals surface area contributed by atoms with Crippen molar-refractivity contribution in [3.63, 3.8) is 0 Å². The number of H-pyrrole nitrogens is 2. The molecule has 0 bridgehead atoms. The van der Waals surface area contributed by atoms with Gasteiger partial charge in [-0.2, -0.15) is 5.11 Å².